The topological polar surface area (TPSA) is 41.1 Å². The zero-order valence-electron chi connectivity index (χ0n) is 14.1. The van der Waals surface area contributed by atoms with Crippen molar-refractivity contribution in [2.75, 3.05) is 13.1 Å². The Labute approximate surface area is 120 Å². The van der Waals surface area contributed by atoms with Crippen molar-refractivity contribution < 1.29 is 4.79 Å². The molecule has 0 unspecified atom stereocenters. The van der Waals surface area contributed by atoms with E-state index in [1.54, 1.807) is 0 Å². The van der Waals surface area contributed by atoms with Gasteiger partial charge in [0.1, 0.15) is 0 Å². The van der Waals surface area contributed by atoms with Gasteiger partial charge in [-0.2, -0.15) is 0 Å². The normalized spacial score (nSPS) is 17.1. The van der Waals surface area contributed by atoms with Crippen molar-refractivity contribution in [1.82, 2.24) is 10.6 Å². The Morgan fingerprint density at radius 2 is 1.53 bits per heavy atom. The third-order valence-corrected chi connectivity index (χ3v) is 2.89. The molecule has 0 aromatic rings. The minimum absolute atomic E-state index is 0.0617. The molecule has 3 heteroatoms. The van der Waals surface area contributed by atoms with Crippen LogP contribution < -0.4 is 10.6 Å². The molecule has 116 valence electrons. The molecular formula is C16H36N2O. The van der Waals surface area contributed by atoms with Crippen molar-refractivity contribution in [3.63, 3.8) is 0 Å². The number of carbonyl (C=O) groups is 1. The molecule has 0 bridgehead atoms. The molecule has 1 fully saturated rings. The SMILES string of the molecule is CC1(C)CNC(=O)CCN1.CCCC.CCCCC. The second-order valence-corrected chi connectivity index (χ2v) is 5.69. The van der Waals surface area contributed by atoms with E-state index in [1.807, 2.05) is 0 Å². The van der Waals surface area contributed by atoms with Crippen molar-refractivity contribution in [2.24, 2.45) is 0 Å². The lowest BCUT2D eigenvalue weighted by Gasteiger charge is -2.22. The maximum atomic E-state index is 10.8. The highest BCUT2D eigenvalue weighted by molar-refractivity contribution is 5.76. The van der Waals surface area contributed by atoms with E-state index >= 15 is 0 Å². The number of amides is 1. The summed E-state index contributed by atoms with van der Waals surface area (Å²) in [5.74, 6) is 0.151. The fourth-order valence-corrected chi connectivity index (χ4v) is 1.34. The molecule has 0 radical (unpaired) electrons. The number of nitrogens with one attached hydrogen (secondary N) is 2. The quantitative estimate of drug-likeness (QED) is 0.818. The van der Waals surface area contributed by atoms with Gasteiger partial charge in [0, 0.05) is 25.0 Å². The molecule has 0 atom stereocenters. The smallest absolute Gasteiger partial charge is 0.221 e. The van der Waals surface area contributed by atoms with Gasteiger partial charge in [0.25, 0.3) is 0 Å². The highest BCUT2D eigenvalue weighted by atomic mass is 16.1. The average molecular weight is 272 g/mol. The molecule has 1 rings (SSSR count). The Morgan fingerprint density at radius 1 is 1.00 bits per heavy atom. The first-order chi connectivity index (χ1) is 8.93. The maximum absolute atomic E-state index is 10.8. The van der Waals surface area contributed by atoms with Gasteiger partial charge in [0.05, 0.1) is 0 Å². The molecule has 1 amide bonds. The lowest BCUT2D eigenvalue weighted by atomic mass is 10.1. The Bertz CT molecular complexity index is 199. The zero-order chi connectivity index (χ0) is 15.1. The molecule has 0 aromatic heterocycles. The number of unbranched alkanes of at least 4 members (excludes halogenated alkanes) is 3. The van der Waals surface area contributed by atoms with E-state index in [-0.39, 0.29) is 11.4 Å². The first-order valence-corrected chi connectivity index (χ1v) is 7.95. The molecule has 1 heterocycles. The van der Waals surface area contributed by atoms with Crippen molar-refractivity contribution in [1.29, 1.82) is 0 Å². The van der Waals surface area contributed by atoms with E-state index in [1.165, 1.54) is 32.1 Å². The second kappa shape index (κ2) is 13.9. The fourth-order valence-electron chi connectivity index (χ4n) is 1.34. The predicted molar refractivity (Wildman–Crippen MR) is 85.5 cm³/mol. The molecule has 2 N–H and O–H groups in total. The molecular weight excluding hydrogens is 236 g/mol. The first-order valence-electron chi connectivity index (χ1n) is 7.95. The Kier molecular flexibility index (Phi) is 15.1. The molecule has 0 saturated carbocycles. The lowest BCUT2D eigenvalue weighted by Crippen LogP contribution is -2.45. The summed E-state index contributed by atoms with van der Waals surface area (Å²) in [5, 5.41) is 6.10. The van der Waals surface area contributed by atoms with Gasteiger partial charge in [-0.3, -0.25) is 4.79 Å². The first kappa shape index (κ1) is 20.7. The van der Waals surface area contributed by atoms with Gasteiger partial charge >= 0.3 is 0 Å². The van der Waals surface area contributed by atoms with E-state index in [2.05, 4.69) is 52.2 Å². The number of carbonyl (C=O) groups excluding carboxylic acids is 1. The maximum Gasteiger partial charge on any atom is 0.221 e. The Morgan fingerprint density at radius 3 is 1.89 bits per heavy atom. The van der Waals surface area contributed by atoms with Crippen LogP contribution in [0.2, 0.25) is 0 Å². The summed E-state index contributed by atoms with van der Waals surface area (Å²) in [6, 6.07) is 0. The van der Waals surface area contributed by atoms with Gasteiger partial charge in [0.2, 0.25) is 5.91 Å². The highest BCUT2D eigenvalue weighted by Gasteiger charge is 2.20. The van der Waals surface area contributed by atoms with Crippen molar-refractivity contribution in [3.8, 4) is 0 Å². The van der Waals surface area contributed by atoms with Crippen LogP contribution in [0.1, 0.15) is 80.1 Å². The molecule has 1 aliphatic rings. The summed E-state index contributed by atoms with van der Waals surface area (Å²) in [7, 11) is 0. The zero-order valence-corrected chi connectivity index (χ0v) is 14.1. The second-order valence-electron chi connectivity index (χ2n) is 5.69. The van der Waals surface area contributed by atoms with Gasteiger partial charge in [-0.15, -0.1) is 0 Å². The van der Waals surface area contributed by atoms with Gasteiger partial charge in [-0.25, -0.2) is 0 Å². The molecule has 1 aliphatic heterocycles. The van der Waals surface area contributed by atoms with Crippen LogP contribution >= 0.6 is 0 Å². The highest BCUT2D eigenvalue weighted by Crippen LogP contribution is 2.02. The number of hydrogen-bond donors (Lipinski definition) is 2. The van der Waals surface area contributed by atoms with E-state index in [9.17, 15) is 4.79 Å². The fraction of sp³-hybridized carbons (Fsp3) is 0.938. The summed E-state index contributed by atoms with van der Waals surface area (Å²) in [6.45, 7) is 14.5. The third kappa shape index (κ3) is 17.4. The molecule has 3 nitrogen and oxygen atoms in total. The molecule has 0 spiro atoms. The standard InChI is InChI=1S/C7H14N2O.C5H12.C4H10/c1-7(2)5-8-6(10)3-4-9-7;1-3-5-4-2;1-3-4-2/h9H,3-5H2,1-2H3,(H,8,10);3-5H2,1-2H3;3-4H2,1-2H3. The van der Waals surface area contributed by atoms with Crippen molar-refractivity contribution in [3.05, 3.63) is 0 Å². The van der Waals surface area contributed by atoms with Crippen LogP contribution in [0.15, 0.2) is 0 Å². The van der Waals surface area contributed by atoms with Crippen LogP contribution in [0, 0.1) is 0 Å². The van der Waals surface area contributed by atoms with E-state index < -0.39 is 0 Å². The minimum Gasteiger partial charge on any atom is -0.354 e. The predicted octanol–water partition coefficient (Wildman–Crippen LogP) is 3.88. The van der Waals surface area contributed by atoms with Crippen LogP contribution in [0.3, 0.4) is 0 Å². The van der Waals surface area contributed by atoms with Gasteiger partial charge in [-0.1, -0.05) is 59.8 Å². The van der Waals surface area contributed by atoms with Crippen LogP contribution in [-0.4, -0.2) is 24.5 Å². The molecule has 1 saturated heterocycles. The Hall–Kier alpha value is -0.570. The largest absolute Gasteiger partial charge is 0.354 e. The van der Waals surface area contributed by atoms with E-state index in [4.69, 9.17) is 0 Å². The van der Waals surface area contributed by atoms with Gasteiger partial charge in [0.15, 0.2) is 0 Å². The summed E-state index contributed by atoms with van der Waals surface area (Å²) in [5.41, 5.74) is 0.0617. The number of hydrogen-bond acceptors (Lipinski definition) is 2. The molecule has 0 aromatic carbocycles. The van der Waals surface area contributed by atoms with Crippen LogP contribution in [0.5, 0.6) is 0 Å². The summed E-state index contributed by atoms with van der Waals surface area (Å²) < 4.78 is 0. The average Bonchev–Trinajstić information content (AvgIpc) is 2.53. The molecule has 0 aliphatic carbocycles. The minimum atomic E-state index is 0.0617. The monoisotopic (exact) mass is 272 g/mol. The van der Waals surface area contributed by atoms with Crippen molar-refractivity contribution >= 4 is 5.91 Å². The van der Waals surface area contributed by atoms with Crippen LogP contribution in [0.25, 0.3) is 0 Å². The summed E-state index contributed by atoms with van der Waals surface area (Å²) in [4.78, 5) is 10.8. The third-order valence-electron chi connectivity index (χ3n) is 2.89. The van der Waals surface area contributed by atoms with Crippen molar-refractivity contribution in [2.45, 2.75) is 85.6 Å². The summed E-state index contributed by atoms with van der Waals surface area (Å²) in [6.07, 6.45) is 7.32. The van der Waals surface area contributed by atoms with E-state index in [0.717, 1.165) is 13.1 Å². The van der Waals surface area contributed by atoms with Gasteiger partial charge < -0.3 is 10.6 Å². The van der Waals surface area contributed by atoms with E-state index in [0.29, 0.717) is 6.42 Å². The van der Waals surface area contributed by atoms with Gasteiger partial charge in [-0.05, 0) is 13.8 Å². The lowest BCUT2D eigenvalue weighted by molar-refractivity contribution is -0.120. The van der Waals surface area contributed by atoms with Crippen LogP contribution in [0.4, 0.5) is 0 Å². The number of rotatable bonds is 3. The summed E-state index contributed by atoms with van der Waals surface area (Å²) >= 11 is 0. The molecule has 19 heavy (non-hydrogen) atoms. The van der Waals surface area contributed by atoms with Crippen LogP contribution in [-0.2, 0) is 4.79 Å². The Balaban J connectivity index is 0.